The predicted octanol–water partition coefficient (Wildman–Crippen LogP) is 3.22. The van der Waals surface area contributed by atoms with Gasteiger partial charge in [0, 0.05) is 25.2 Å². The number of halogens is 1. The third-order valence-corrected chi connectivity index (χ3v) is 4.76. The average molecular weight is 366 g/mol. The van der Waals surface area contributed by atoms with Crippen molar-refractivity contribution in [2.75, 3.05) is 13.1 Å². The molecule has 3 heterocycles. The summed E-state index contributed by atoms with van der Waals surface area (Å²) in [7, 11) is 0. The summed E-state index contributed by atoms with van der Waals surface area (Å²) in [5.41, 5.74) is 1.04. The summed E-state index contributed by atoms with van der Waals surface area (Å²) >= 11 is 0. The molecule has 1 atom stereocenters. The molecule has 0 bridgehead atoms. The van der Waals surface area contributed by atoms with Gasteiger partial charge in [0.25, 0.3) is 5.89 Å². The number of hydrogen-bond acceptors (Lipinski definition) is 5. The van der Waals surface area contributed by atoms with Crippen molar-refractivity contribution in [2.24, 2.45) is 0 Å². The minimum atomic E-state index is -0.349. The van der Waals surface area contributed by atoms with E-state index in [1.807, 2.05) is 18.2 Å². The second-order valence-electron chi connectivity index (χ2n) is 6.62. The van der Waals surface area contributed by atoms with E-state index in [1.165, 1.54) is 6.07 Å². The van der Waals surface area contributed by atoms with Crippen LogP contribution in [0, 0.1) is 5.82 Å². The summed E-state index contributed by atoms with van der Waals surface area (Å²) in [6.45, 7) is 1.17. The van der Waals surface area contributed by atoms with Crippen LogP contribution in [0.3, 0.4) is 0 Å². The Labute approximate surface area is 156 Å². The largest absolute Gasteiger partial charge is 0.342 e. The standard InChI is InChI=1S/C20H19FN4O2/c21-16-8-2-1-6-14(16)12-18(26)25-11-5-7-15(13-25)19-23-20(27-24-19)17-9-3-4-10-22-17/h1-4,6,8-10,15H,5,7,11-13H2/t15-/m1/s1. The molecule has 2 aromatic heterocycles. The number of amides is 1. The Morgan fingerprint density at radius 1 is 1.22 bits per heavy atom. The smallest absolute Gasteiger partial charge is 0.276 e. The minimum Gasteiger partial charge on any atom is -0.342 e. The summed E-state index contributed by atoms with van der Waals surface area (Å²) < 4.78 is 19.1. The normalized spacial score (nSPS) is 17.1. The van der Waals surface area contributed by atoms with E-state index in [-0.39, 0.29) is 24.1 Å². The van der Waals surface area contributed by atoms with E-state index in [0.717, 1.165) is 12.8 Å². The third kappa shape index (κ3) is 3.86. The zero-order valence-corrected chi connectivity index (χ0v) is 14.7. The van der Waals surface area contributed by atoms with Gasteiger partial charge in [0.15, 0.2) is 5.82 Å². The fraction of sp³-hybridized carbons (Fsp3) is 0.300. The first kappa shape index (κ1) is 17.3. The molecule has 0 aliphatic carbocycles. The van der Waals surface area contributed by atoms with E-state index in [9.17, 15) is 9.18 Å². The minimum absolute atomic E-state index is 0.00420. The van der Waals surface area contributed by atoms with Crippen molar-refractivity contribution in [3.63, 3.8) is 0 Å². The van der Waals surface area contributed by atoms with Crippen molar-refractivity contribution in [1.82, 2.24) is 20.0 Å². The lowest BCUT2D eigenvalue weighted by Crippen LogP contribution is -2.40. The number of piperidine rings is 1. The number of nitrogens with zero attached hydrogens (tertiary/aromatic N) is 4. The molecule has 27 heavy (non-hydrogen) atoms. The zero-order chi connectivity index (χ0) is 18.6. The predicted molar refractivity (Wildman–Crippen MR) is 96.2 cm³/mol. The van der Waals surface area contributed by atoms with Gasteiger partial charge in [0.1, 0.15) is 11.5 Å². The summed E-state index contributed by atoms with van der Waals surface area (Å²) in [6.07, 6.45) is 3.46. The van der Waals surface area contributed by atoms with Crippen LogP contribution in [-0.4, -0.2) is 39.0 Å². The van der Waals surface area contributed by atoms with E-state index in [1.54, 1.807) is 29.3 Å². The number of benzene rings is 1. The van der Waals surface area contributed by atoms with Gasteiger partial charge in [-0.25, -0.2) is 4.39 Å². The Morgan fingerprint density at radius 3 is 2.89 bits per heavy atom. The fourth-order valence-electron chi connectivity index (χ4n) is 3.32. The molecular weight excluding hydrogens is 347 g/mol. The van der Waals surface area contributed by atoms with Gasteiger partial charge in [-0.1, -0.05) is 29.4 Å². The number of rotatable bonds is 4. The number of aromatic nitrogens is 3. The first-order valence-corrected chi connectivity index (χ1v) is 8.97. The monoisotopic (exact) mass is 366 g/mol. The van der Waals surface area contributed by atoms with Crippen molar-refractivity contribution >= 4 is 5.91 Å². The molecule has 1 aromatic carbocycles. The molecule has 0 radical (unpaired) electrons. The molecule has 138 valence electrons. The highest BCUT2D eigenvalue weighted by molar-refractivity contribution is 5.79. The number of likely N-dealkylation sites (tertiary alicyclic amines) is 1. The quantitative estimate of drug-likeness (QED) is 0.709. The van der Waals surface area contributed by atoms with Crippen LogP contribution in [0.1, 0.15) is 30.1 Å². The van der Waals surface area contributed by atoms with Crippen LogP contribution in [0.5, 0.6) is 0 Å². The maximum absolute atomic E-state index is 13.8. The van der Waals surface area contributed by atoms with Gasteiger partial charge in [-0.3, -0.25) is 9.78 Å². The van der Waals surface area contributed by atoms with E-state index in [4.69, 9.17) is 4.52 Å². The Hall–Kier alpha value is -3.09. The number of pyridine rings is 1. The van der Waals surface area contributed by atoms with Crippen molar-refractivity contribution in [2.45, 2.75) is 25.2 Å². The Bertz CT molecular complexity index is 928. The zero-order valence-electron chi connectivity index (χ0n) is 14.7. The summed E-state index contributed by atoms with van der Waals surface area (Å²) in [6, 6.07) is 11.9. The van der Waals surface area contributed by atoms with Crippen molar-refractivity contribution in [3.05, 3.63) is 65.9 Å². The van der Waals surface area contributed by atoms with E-state index < -0.39 is 0 Å². The maximum Gasteiger partial charge on any atom is 0.276 e. The third-order valence-electron chi connectivity index (χ3n) is 4.76. The fourth-order valence-corrected chi connectivity index (χ4v) is 3.32. The van der Waals surface area contributed by atoms with Gasteiger partial charge in [0.05, 0.1) is 6.42 Å². The van der Waals surface area contributed by atoms with Gasteiger partial charge in [-0.05, 0) is 36.6 Å². The SMILES string of the molecule is O=C(Cc1ccccc1F)N1CCC[C@@H](c2noc(-c3ccccn3)n2)C1. The Balaban J connectivity index is 1.45. The molecular formula is C20H19FN4O2. The van der Waals surface area contributed by atoms with Crippen molar-refractivity contribution in [3.8, 4) is 11.6 Å². The molecule has 0 spiro atoms. The number of carbonyl (C=O) groups is 1. The van der Waals surface area contributed by atoms with E-state index >= 15 is 0 Å². The lowest BCUT2D eigenvalue weighted by atomic mass is 9.96. The second kappa shape index (κ2) is 7.65. The Kier molecular flexibility index (Phi) is 4.91. The average Bonchev–Trinajstić information content (AvgIpc) is 3.21. The maximum atomic E-state index is 13.8. The highest BCUT2D eigenvalue weighted by Gasteiger charge is 2.28. The molecule has 0 N–H and O–H groups in total. The highest BCUT2D eigenvalue weighted by atomic mass is 19.1. The molecule has 1 fully saturated rings. The number of carbonyl (C=O) groups excluding carboxylic acids is 1. The van der Waals surface area contributed by atoms with Gasteiger partial charge in [-0.15, -0.1) is 0 Å². The van der Waals surface area contributed by atoms with E-state index in [2.05, 4.69) is 15.1 Å². The van der Waals surface area contributed by atoms with Gasteiger partial charge < -0.3 is 9.42 Å². The van der Waals surface area contributed by atoms with Crippen LogP contribution in [0.2, 0.25) is 0 Å². The topological polar surface area (TPSA) is 72.1 Å². The summed E-state index contributed by atoms with van der Waals surface area (Å²) in [5, 5.41) is 4.08. The van der Waals surface area contributed by atoms with Crippen LogP contribution in [0.25, 0.3) is 11.6 Å². The van der Waals surface area contributed by atoms with Crippen molar-refractivity contribution < 1.29 is 13.7 Å². The van der Waals surface area contributed by atoms with Gasteiger partial charge in [-0.2, -0.15) is 4.98 Å². The lowest BCUT2D eigenvalue weighted by molar-refractivity contribution is -0.131. The van der Waals surface area contributed by atoms with Crippen molar-refractivity contribution in [1.29, 1.82) is 0 Å². The molecule has 0 unspecified atom stereocenters. The molecule has 1 amide bonds. The Morgan fingerprint density at radius 2 is 2.07 bits per heavy atom. The van der Waals surface area contributed by atoms with Crippen LogP contribution >= 0.6 is 0 Å². The molecule has 4 rings (SSSR count). The highest BCUT2D eigenvalue weighted by Crippen LogP contribution is 2.27. The molecule has 6 nitrogen and oxygen atoms in total. The molecule has 7 heteroatoms. The van der Waals surface area contributed by atoms with Crippen LogP contribution < -0.4 is 0 Å². The van der Waals surface area contributed by atoms with Crippen LogP contribution in [-0.2, 0) is 11.2 Å². The second-order valence-corrected chi connectivity index (χ2v) is 6.62. The molecule has 3 aromatic rings. The first-order valence-electron chi connectivity index (χ1n) is 8.97. The van der Waals surface area contributed by atoms with Gasteiger partial charge >= 0.3 is 0 Å². The van der Waals surface area contributed by atoms with Gasteiger partial charge in [0.2, 0.25) is 5.91 Å². The van der Waals surface area contributed by atoms with E-state index in [0.29, 0.717) is 36.1 Å². The lowest BCUT2D eigenvalue weighted by Gasteiger charge is -2.31. The molecule has 1 aliphatic heterocycles. The van der Waals surface area contributed by atoms with Crippen LogP contribution in [0.4, 0.5) is 4.39 Å². The number of hydrogen-bond donors (Lipinski definition) is 0. The summed E-state index contributed by atoms with van der Waals surface area (Å²) in [4.78, 5) is 23.0. The molecule has 1 saturated heterocycles. The molecule has 1 aliphatic rings. The van der Waals surface area contributed by atoms with Crippen LogP contribution in [0.15, 0.2) is 53.2 Å². The first-order chi connectivity index (χ1) is 13.2. The molecule has 0 saturated carbocycles. The summed E-state index contributed by atoms with van der Waals surface area (Å²) in [5.74, 6) is 0.528.